The van der Waals surface area contributed by atoms with Gasteiger partial charge in [0, 0.05) is 24.4 Å². The molecule has 1 saturated carbocycles. The van der Waals surface area contributed by atoms with Crippen LogP contribution in [0.25, 0.3) is 0 Å². The van der Waals surface area contributed by atoms with Gasteiger partial charge in [-0.1, -0.05) is 24.1 Å². The van der Waals surface area contributed by atoms with Crippen LogP contribution in [0.15, 0.2) is 22.8 Å². The number of hydrogen-bond acceptors (Lipinski definition) is 2. The minimum atomic E-state index is -0.0275. The van der Waals surface area contributed by atoms with Gasteiger partial charge >= 0.3 is 0 Å². The maximum Gasteiger partial charge on any atom is 0.161 e. The monoisotopic (exact) mass is 260 g/mol. The number of allylic oxidation sites excluding steroid dienone is 4. The van der Waals surface area contributed by atoms with Gasteiger partial charge in [0.25, 0.3) is 0 Å². The number of aliphatic hydroxyl groups excluding tert-OH is 1. The molecule has 1 fully saturated rings. The van der Waals surface area contributed by atoms with Gasteiger partial charge in [0.1, 0.15) is 0 Å². The second kappa shape index (κ2) is 4.90. The molecule has 104 valence electrons. The summed E-state index contributed by atoms with van der Waals surface area (Å²) in [5, 5.41) is 9.79. The van der Waals surface area contributed by atoms with Crippen LogP contribution in [0.3, 0.4) is 0 Å². The Morgan fingerprint density at radius 2 is 2.16 bits per heavy atom. The fourth-order valence-electron chi connectivity index (χ4n) is 4.52. The Morgan fingerprint density at radius 3 is 2.89 bits per heavy atom. The summed E-state index contributed by atoms with van der Waals surface area (Å²) >= 11 is 0. The van der Waals surface area contributed by atoms with Crippen LogP contribution in [0.1, 0.15) is 46.0 Å². The van der Waals surface area contributed by atoms with E-state index in [9.17, 15) is 9.90 Å². The average Bonchev–Trinajstić information content (AvgIpc) is 2.45. The van der Waals surface area contributed by atoms with Crippen LogP contribution < -0.4 is 0 Å². The Hall–Kier alpha value is -0.890. The zero-order valence-corrected chi connectivity index (χ0v) is 12.0. The Labute approximate surface area is 115 Å². The molecule has 3 rings (SSSR count). The zero-order chi connectivity index (χ0) is 13.6. The molecule has 3 aliphatic carbocycles. The van der Waals surface area contributed by atoms with Gasteiger partial charge < -0.3 is 5.11 Å². The quantitative estimate of drug-likeness (QED) is 0.735. The molecule has 2 nitrogen and oxygen atoms in total. The lowest BCUT2D eigenvalue weighted by atomic mass is 9.59. The van der Waals surface area contributed by atoms with Crippen molar-refractivity contribution in [1.29, 1.82) is 0 Å². The van der Waals surface area contributed by atoms with Crippen molar-refractivity contribution >= 4 is 5.78 Å². The first-order chi connectivity index (χ1) is 9.15. The second-order valence-electron chi connectivity index (χ2n) is 6.50. The van der Waals surface area contributed by atoms with E-state index in [2.05, 4.69) is 6.08 Å². The SMILES string of the molecule is CC1=C2CCC3CCCC=C3C2[C@H](CO)C(C)C1=O. The van der Waals surface area contributed by atoms with Gasteiger partial charge in [-0.25, -0.2) is 0 Å². The molecule has 0 aliphatic heterocycles. The third-order valence-electron chi connectivity index (χ3n) is 5.65. The van der Waals surface area contributed by atoms with Crippen molar-refractivity contribution in [2.24, 2.45) is 23.7 Å². The van der Waals surface area contributed by atoms with Crippen molar-refractivity contribution < 1.29 is 9.90 Å². The van der Waals surface area contributed by atoms with Gasteiger partial charge in [0.15, 0.2) is 5.78 Å². The standard InChI is InChI=1S/C17H24O2/c1-10-13-8-7-12-5-3-4-6-14(12)16(13)15(9-18)11(2)17(10)19/h6,11-12,15-16,18H,3-5,7-9H2,1-2H3/t11?,12?,15-,16?/m1/s1. The molecule has 4 atom stereocenters. The number of carbonyl (C=O) groups is 1. The lowest BCUT2D eigenvalue weighted by molar-refractivity contribution is -0.122. The predicted octanol–water partition coefficient (Wildman–Crippen LogP) is 3.27. The molecular formula is C17H24O2. The largest absolute Gasteiger partial charge is 0.396 e. The molecule has 3 aliphatic rings. The number of Topliss-reactive ketones (excluding diaryl/α,β-unsaturated/α-hetero) is 1. The van der Waals surface area contributed by atoms with Crippen LogP contribution in [0.5, 0.6) is 0 Å². The van der Waals surface area contributed by atoms with Gasteiger partial charge in [-0.2, -0.15) is 0 Å². The highest BCUT2D eigenvalue weighted by atomic mass is 16.3. The van der Waals surface area contributed by atoms with Crippen molar-refractivity contribution in [3.63, 3.8) is 0 Å². The van der Waals surface area contributed by atoms with Crippen molar-refractivity contribution in [1.82, 2.24) is 0 Å². The van der Waals surface area contributed by atoms with Crippen LogP contribution in [-0.2, 0) is 4.79 Å². The Balaban J connectivity index is 2.08. The van der Waals surface area contributed by atoms with Crippen LogP contribution in [0.4, 0.5) is 0 Å². The number of hydrogen-bond donors (Lipinski definition) is 1. The lowest BCUT2D eigenvalue weighted by Gasteiger charge is -2.45. The molecule has 0 bridgehead atoms. The third kappa shape index (κ3) is 1.92. The number of aliphatic hydroxyl groups is 1. The Kier molecular flexibility index (Phi) is 3.38. The van der Waals surface area contributed by atoms with Gasteiger partial charge in [-0.05, 0) is 50.5 Å². The first-order valence-electron chi connectivity index (χ1n) is 7.69. The first-order valence-corrected chi connectivity index (χ1v) is 7.69. The third-order valence-corrected chi connectivity index (χ3v) is 5.65. The Morgan fingerprint density at radius 1 is 1.37 bits per heavy atom. The fourth-order valence-corrected chi connectivity index (χ4v) is 4.52. The van der Waals surface area contributed by atoms with E-state index in [4.69, 9.17) is 0 Å². The van der Waals surface area contributed by atoms with Crippen molar-refractivity contribution in [3.8, 4) is 0 Å². The predicted molar refractivity (Wildman–Crippen MR) is 75.6 cm³/mol. The number of carbonyl (C=O) groups excluding carboxylic acids is 1. The minimum Gasteiger partial charge on any atom is -0.396 e. The van der Waals surface area contributed by atoms with E-state index in [-0.39, 0.29) is 24.2 Å². The minimum absolute atomic E-state index is 0.0275. The van der Waals surface area contributed by atoms with E-state index >= 15 is 0 Å². The summed E-state index contributed by atoms with van der Waals surface area (Å²) in [6.07, 6.45) is 8.46. The van der Waals surface area contributed by atoms with E-state index in [1.165, 1.54) is 31.3 Å². The maximum absolute atomic E-state index is 12.3. The molecule has 0 aromatic carbocycles. The highest BCUT2D eigenvalue weighted by molar-refractivity contribution is 5.98. The highest BCUT2D eigenvalue weighted by Gasteiger charge is 2.44. The van der Waals surface area contributed by atoms with Gasteiger partial charge in [-0.15, -0.1) is 0 Å². The molecule has 0 aromatic heterocycles. The molecule has 0 heterocycles. The first kappa shape index (κ1) is 13.1. The topological polar surface area (TPSA) is 37.3 Å². The number of ketones is 1. The summed E-state index contributed by atoms with van der Waals surface area (Å²) in [7, 11) is 0. The molecule has 0 amide bonds. The summed E-state index contributed by atoms with van der Waals surface area (Å²) in [6.45, 7) is 4.13. The van der Waals surface area contributed by atoms with E-state index in [1.54, 1.807) is 5.57 Å². The normalized spacial score (nSPS) is 38.7. The molecule has 0 radical (unpaired) electrons. The van der Waals surface area contributed by atoms with Crippen molar-refractivity contribution in [3.05, 3.63) is 22.8 Å². The molecule has 2 heteroatoms. The summed E-state index contributed by atoms with van der Waals surface area (Å²) < 4.78 is 0. The van der Waals surface area contributed by atoms with Gasteiger partial charge in [0.2, 0.25) is 0 Å². The van der Waals surface area contributed by atoms with Crippen LogP contribution >= 0.6 is 0 Å². The lowest BCUT2D eigenvalue weighted by Crippen LogP contribution is -2.41. The van der Waals surface area contributed by atoms with Crippen molar-refractivity contribution in [2.45, 2.75) is 46.0 Å². The van der Waals surface area contributed by atoms with Crippen LogP contribution in [-0.4, -0.2) is 17.5 Å². The molecule has 0 aromatic rings. The van der Waals surface area contributed by atoms with E-state index < -0.39 is 0 Å². The second-order valence-corrected chi connectivity index (χ2v) is 6.50. The number of rotatable bonds is 1. The van der Waals surface area contributed by atoms with Gasteiger partial charge in [-0.3, -0.25) is 4.79 Å². The molecule has 0 spiro atoms. The van der Waals surface area contributed by atoms with Crippen molar-refractivity contribution in [2.75, 3.05) is 6.61 Å². The van der Waals surface area contributed by atoms with Gasteiger partial charge in [0.05, 0.1) is 0 Å². The highest BCUT2D eigenvalue weighted by Crippen LogP contribution is 2.51. The summed E-state index contributed by atoms with van der Waals surface area (Å²) in [6, 6.07) is 0. The zero-order valence-electron chi connectivity index (χ0n) is 12.0. The fraction of sp³-hybridized carbons (Fsp3) is 0.706. The number of fused-ring (bicyclic) bond motifs is 3. The van der Waals surface area contributed by atoms with E-state index in [0.29, 0.717) is 11.8 Å². The molecule has 3 unspecified atom stereocenters. The average molecular weight is 260 g/mol. The summed E-state index contributed by atoms with van der Waals surface area (Å²) in [5.41, 5.74) is 3.88. The van der Waals surface area contributed by atoms with Crippen LogP contribution in [0.2, 0.25) is 0 Å². The van der Waals surface area contributed by atoms with Crippen LogP contribution in [0, 0.1) is 23.7 Å². The summed E-state index contributed by atoms with van der Waals surface area (Å²) in [4.78, 5) is 12.3. The molecule has 19 heavy (non-hydrogen) atoms. The van der Waals surface area contributed by atoms with E-state index in [0.717, 1.165) is 12.0 Å². The maximum atomic E-state index is 12.3. The molecular weight excluding hydrogens is 236 g/mol. The summed E-state index contributed by atoms with van der Waals surface area (Å²) in [5.74, 6) is 1.42. The van der Waals surface area contributed by atoms with E-state index in [1.807, 2.05) is 13.8 Å². The Bertz CT molecular complexity index is 458. The molecule has 0 saturated heterocycles. The smallest absolute Gasteiger partial charge is 0.161 e. The molecule has 1 N–H and O–H groups in total.